The molecule has 88 valence electrons. The largest absolute Gasteiger partial charge is 0.306 e. The maximum atomic E-state index is 11.8. The Morgan fingerprint density at radius 3 is 2.47 bits per heavy atom. The molecule has 0 saturated heterocycles. The second kappa shape index (κ2) is 4.84. The number of benzene rings is 1. The van der Waals surface area contributed by atoms with Gasteiger partial charge in [-0.1, -0.05) is 44.2 Å². The van der Waals surface area contributed by atoms with Gasteiger partial charge < -0.3 is 4.98 Å². The summed E-state index contributed by atoms with van der Waals surface area (Å²) < 4.78 is 0.521. The van der Waals surface area contributed by atoms with Crippen molar-refractivity contribution in [2.75, 3.05) is 0 Å². The van der Waals surface area contributed by atoms with Gasteiger partial charge in [-0.25, -0.2) is 4.98 Å². The third kappa shape index (κ3) is 2.47. The number of nitrogens with one attached hydrogen (secondary N) is 1. The van der Waals surface area contributed by atoms with Gasteiger partial charge in [0.15, 0.2) is 0 Å². The van der Waals surface area contributed by atoms with Crippen LogP contribution in [0, 0.1) is 0 Å². The fourth-order valence-corrected chi connectivity index (χ4v) is 2.24. The van der Waals surface area contributed by atoms with Crippen LogP contribution in [0.15, 0.2) is 39.6 Å². The zero-order valence-electron chi connectivity index (χ0n) is 9.70. The first-order chi connectivity index (χ1) is 8.09. The predicted molar refractivity (Wildman–Crippen MR) is 72.1 cm³/mol. The molecule has 0 aliphatic heterocycles. The van der Waals surface area contributed by atoms with E-state index in [9.17, 15) is 4.79 Å². The van der Waals surface area contributed by atoms with E-state index in [-0.39, 0.29) is 11.5 Å². The molecule has 0 unspecified atom stereocenters. The van der Waals surface area contributed by atoms with Gasteiger partial charge >= 0.3 is 0 Å². The van der Waals surface area contributed by atoms with Crippen molar-refractivity contribution < 1.29 is 0 Å². The molecule has 0 amide bonds. The molecular weight excluding hydrogens is 280 g/mol. The summed E-state index contributed by atoms with van der Waals surface area (Å²) in [4.78, 5) is 19.1. The molecule has 0 atom stereocenters. The van der Waals surface area contributed by atoms with Crippen molar-refractivity contribution in [2.45, 2.75) is 19.8 Å². The van der Waals surface area contributed by atoms with Crippen LogP contribution in [0.4, 0.5) is 0 Å². The molecule has 4 heteroatoms. The second-order valence-corrected chi connectivity index (χ2v) is 4.93. The van der Waals surface area contributed by atoms with Crippen LogP contribution in [-0.4, -0.2) is 9.97 Å². The van der Waals surface area contributed by atoms with Crippen molar-refractivity contribution in [3.05, 3.63) is 50.9 Å². The fourth-order valence-electron chi connectivity index (χ4n) is 1.59. The molecule has 0 saturated carbocycles. The molecule has 0 radical (unpaired) electrons. The number of halogens is 1. The van der Waals surface area contributed by atoms with Crippen LogP contribution in [0.5, 0.6) is 0 Å². The van der Waals surface area contributed by atoms with Gasteiger partial charge in [0.1, 0.15) is 10.3 Å². The third-order valence-corrected chi connectivity index (χ3v) is 3.25. The summed E-state index contributed by atoms with van der Waals surface area (Å²) in [5, 5.41) is 0. The monoisotopic (exact) mass is 292 g/mol. The fraction of sp³-hybridized carbons (Fsp3) is 0.231. The van der Waals surface area contributed by atoms with E-state index in [1.165, 1.54) is 0 Å². The van der Waals surface area contributed by atoms with Gasteiger partial charge in [-0.05, 0) is 21.8 Å². The molecule has 17 heavy (non-hydrogen) atoms. The quantitative estimate of drug-likeness (QED) is 0.923. The maximum Gasteiger partial charge on any atom is 0.265 e. The molecule has 1 heterocycles. The zero-order chi connectivity index (χ0) is 12.4. The molecule has 0 aliphatic carbocycles. The van der Waals surface area contributed by atoms with E-state index in [0.29, 0.717) is 10.3 Å². The van der Waals surface area contributed by atoms with Crippen LogP contribution in [0.2, 0.25) is 0 Å². The van der Waals surface area contributed by atoms with Gasteiger partial charge in [-0.2, -0.15) is 0 Å². The highest BCUT2D eigenvalue weighted by Crippen LogP contribution is 2.22. The molecule has 1 N–H and O–H groups in total. The second-order valence-electron chi connectivity index (χ2n) is 4.13. The number of nitrogens with zero attached hydrogens (tertiary/aromatic N) is 1. The summed E-state index contributed by atoms with van der Waals surface area (Å²) in [7, 11) is 0. The van der Waals surface area contributed by atoms with Crippen molar-refractivity contribution in [3.63, 3.8) is 0 Å². The molecule has 1 aromatic heterocycles. The molecule has 0 bridgehead atoms. The topological polar surface area (TPSA) is 45.8 Å². The van der Waals surface area contributed by atoms with Crippen LogP contribution in [0.25, 0.3) is 11.4 Å². The van der Waals surface area contributed by atoms with Crippen molar-refractivity contribution >= 4 is 15.9 Å². The number of aromatic amines is 1. The highest BCUT2D eigenvalue weighted by atomic mass is 79.9. The summed E-state index contributed by atoms with van der Waals surface area (Å²) >= 11 is 3.28. The van der Waals surface area contributed by atoms with Crippen molar-refractivity contribution in [1.29, 1.82) is 0 Å². The lowest BCUT2D eigenvalue weighted by molar-refractivity contribution is 0.803. The van der Waals surface area contributed by atoms with E-state index in [1.54, 1.807) is 0 Å². The van der Waals surface area contributed by atoms with Gasteiger partial charge in [0, 0.05) is 5.56 Å². The number of hydrogen-bond donors (Lipinski definition) is 1. The minimum atomic E-state index is -0.137. The van der Waals surface area contributed by atoms with Gasteiger partial charge in [0.25, 0.3) is 5.56 Å². The highest BCUT2D eigenvalue weighted by molar-refractivity contribution is 9.10. The first kappa shape index (κ1) is 12.0. The number of H-pyrrole nitrogens is 1. The van der Waals surface area contributed by atoms with Crippen molar-refractivity contribution in [2.24, 2.45) is 0 Å². The highest BCUT2D eigenvalue weighted by Gasteiger charge is 2.12. The molecule has 2 aromatic rings. The predicted octanol–water partition coefficient (Wildman–Crippen LogP) is 3.32. The Morgan fingerprint density at radius 2 is 1.88 bits per heavy atom. The molecule has 1 aromatic carbocycles. The molecule has 0 aliphatic rings. The summed E-state index contributed by atoms with van der Waals surface area (Å²) in [6.07, 6.45) is 0. The Kier molecular flexibility index (Phi) is 3.43. The van der Waals surface area contributed by atoms with Gasteiger partial charge in [-0.3, -0.25) is 4.79 Å². The van der Waals surface area contributed by atoms with E-state index in [1.807, 2.05) is 44.2 Å². The normalized spacial score (nSPS) is 10.8. The van der Waals surface area contributed by atoms with Crippen LogP contribution in [0.1, 0.15) is 25.5 Å². The summed E-state index contributed by atoms with van der Waals surface area (Å²) in [5.74, 6) is 0.816. The van der Waals surface area contributed by atoms with E-state index < -0.39 is 0 Å². The molecule has 0 spiro atoms. The average Bonchev–Trinajstić information content (AvgIpc) is 2.33. The summed E-state index contributed by atoms with van der Waals surface area (Å²) in [6.45, 7) is 4.03. The molecular formula is C13H13BrN2O. The van der Waals surface area contributed by atoms with Gasteiger partial charge in [0.05, 0.1) is 5.69 Å². The van der Waals surface area contributed by atoms with Crippen LogP contribution in [0.3, 0.4) is 0 Å². The third-order valence-electron chi connectivity index (χ3n) is 2.48. The zero-order valence-corrected chi connectivity index (χ0v) is 11.3. The van der Waals surface area contributed by atoms with Crippen molar-refractivity contribution in [3.8, 4) is 11.4 Å². The number of hydrogen-bond acceptors (Lipinski definition) is 2. The SMILES string of the molecule is CC(C)c1nc(-c2ccccc2)[nH]c(=O)c1Br. The van der Waals surface area contributed by atoms with Crippen LogP contribution >= 0.6 is 15.9 Å². The number of rotatable bonds is 2. The standard InChI is InChI=1S/C13H13BrN2O/c1-8(2)11-10(14)13(17)16-12(15-11)9-6-4-3-5-7-9/h3-8H,1-2H3,(H,15,16,17). The molecule has 2 rings (SSSR count). The maximum absolute atomic E-state index is 11.8. The van der Waals surface area contributed by atoms with Crippen LogP contribution < -0.4 is 5.56 Å². The lowest BCUT2D eigenvalue weighted by Gasteiger charge is -2.09. The van der Waals surface area contributed by atoms with Crippen LogP contribution in [-0.2, 0) is 0 Å². The Balaban J connectivity index is 2.62. The van der Waals surface area contributed by atoms with Gasteiger partial charge in [-0.15, -0.1) is 0 Å². The molecule has 0 fully saturated rings. The summed E-state index contributed by atoms with van der Waals surface area (Å²) in [5.41, 5.74) is 1.56. The van der Waals surface area contributed by atoms with E-state index in [4.69, 9.17) is 0 Å². The van der Waals surface area contributed by atoms with Gasteiger partial charge in [0.2, 0.25) is 0 Å². The Labute approximate surface area is 108 Å². The minimum Gasteiger partial charge on any atom is -0.306 e. The lowest BCUT2D eigenvalue weighted by atomic mass is 10.1. The number of aromatic nitrogens is 2. The average molecular weight is 293 g/mol. The first-order valence-corrected chi connectivity index (χ1v) is 6.24. The first-order valence-electron chi connectivity index (χ1n) is 5.44. The Morgan fingerprint density at radius 1 is 1.24 bits per heavy atom. The molecule has 3 nitrogen and oxygen atoms in total. The van der Waals surface area contributed by atoms with E-state index >= 15 is 0 Å². The minimum absolute atomic E-state index is 0.137. The summed E-state index contributed by atoms with van der Waals surface area (Å²) in [6, 6.07) is 9.63. The van der Waals surface area contributed by atoms with E-state index in [2.05, 4.69) is 25.9 Å². The Hall–Kier alpha value is -1.42. The Bertz CT molecular complexity index is 576. The smallest absolute Gasteiger partial charge is 0.265 e. The lowest BCUT2D eigenvalue weighted by Crippen LogP contribution is -2.14. The van der Waals surface area contributed by atoms with Crippen molar-refractivity contribution in [1.82, 2.24) is 9.97 Å². The van der Waals surface area contributed by atoms with E-state index in [0.717, 1.165) is 11.3 Å².